The van der Waals surface area contributed by atoms with Crippen LogP contribution in [0.5, 0.6) is 5.75 Å². The van der Waals surface area contributed by atoms with Crippen LogP contribution in [0, 0.1) is 12.7 Å². The molecule has 4 rings (SSSR count). The molecule has 1 aliphatic heterocycles. The predicted octanol–water partition coefficient (Wildman–Crippen LogP) is 4.53. The number of rotatable bonds is 5. The van der Waals surface area contributed by atoms with Gasteiger partial charge in [-0.05, 0) is 48.2 Å². The molecule has 4 nitrogen and oxygen atoms in total. The molecule has 0 saturated carbocycles. The maximum Gasteiger partial charge on any atom is 0.249 e. The van der Waals surface area contributed by atoms with Crippen molar-refractivity contribution in [1.82, 2.24) is 4.90 Å². The summed E-state index contributed by atoms with van der Waals surface area (Å²) in [5, 5.41) is 10.4. The Hall–Kier alpha value is -3.18. The Balaban J connectivity index is 1.57. The van der Waals surface area contributed by atoms with Crippen LogP contribution in [0.1, 0.15) is 33.9 Å². The van der Waals surface area contributed by atoms with Crippen LogP contribution in [0.4, 0.5) is 4.39 Å². The number of halogens is 1. The van der Waals surface area contributed by atoms with E-state index in [2.05, 4.69) is 0 Å². The third kappa shape index (κ3) is 4.21. The monoisotopic (exact) mass is 405 g/mol. The van der Waals surface area contributed by atoms with E-state index in [0.717, 1.165) is 16.7 Å². The number of carbonyl (C=O) groups excluding carboxylic acids is 1. The van der Waals surface area contributed by atoms with Crippen molar-refractivity contribution in [2.24, 2.45) is 0 Å². The molecule has 1 N–H and O–H groups in total. The van der Waals surface area contributed by atoms with E-state index in [9.17, 15) is 14.3 Å². The first-order valence-corrected chi connectivity index (χ1v) is 10.0. The van der Waals surface area contributed by atoms with E-state index in [4.69, 9.17) is 4.74 Å². The summed E-state index contributed by atoms with van der Waals surface area (Å²) < 4.78 is 19.7. The van der Waals surface area contributed by atoms with E-state index in [-0.39, 0.29) is 18.3 Å². The Labute approximate surface area is 175 Å². The first-order chi connectivity index (χ1) is 14.5. The van der Waals surface area contributed by atoms with Crippen molar-refractivity contribution in [2.75, 3.05) is 13.2 Å². The molecule has 0 saturated heterocycles. The van der Waals surface area contributed by atoms with E-state index < -0.39 is 11.9 Å². The van der Waals surface area contributed by atoms with Crippen molar-refractivity contribution >= 4 is 5.91 Å². The van der Waals surface area contributed by atoms with E-state index in [1.165, 1.54) is 23.8 Å². The summed E-state index contributed by atoms with van der Waals surface area (Å²) >= 11 is 0. The van der Waals surface area contributed by atoms with Gasteiger partial charge in [-0.3, -0.25) is 4.79 Å². The molecule has 1 aliphatic rings. The first-order valence-electron chi connectivity index (χ1n) is 10.0. The fraction of sp³-hybridized carbons (Fsp3) is 0.240. The van der Waals surface area contributed by atoms with Crippen LogP contribution in [-0.2, 0) is 22.6 Å². The van der Waals surface area contributed by atoms with Crippen molar-refractivity contribution in [3.8, 4) is 5.75 Å². The number of amides is 1. The zero-order valence-corrected chi connectivity index (χ0v) is 16.8. The average molecular weight is 405 g/mol. The van der Waals surface area contributed by atoms with Gasteiger partial charge in [0.2, 0.25) is 5.91 Å². The highest BCUT2D eigenvalue weighted by Gasteiger charge is 2.33. The summed E-state index contributed by atoms with van der Waals surface area (Å²) in [7, 11) is 0. The van der Waals surface area contributed by atoms with Crippen LogP contribution >= 0.6 is 0 Å². The molecule has 0 spiro atoms. The molecule has 0 aromatic heterocycles. The number of ether oxygens (including phenoxy) is 1. The standard InChI is InChI=1S/C25H24FNO3/c1-17-6-8-18(9-7-17)15-30-16-24(29)27-13-12-19-4-2-3-5-21(19)25(27)22-14-20(26)10-11-23(22)28/h2-11,14,25,28H,12-13,15-16H2,1H3. The maximum atomic E-state index is 14.0. The number of fused-ring (bicyclic) bond motifs is 1. The molecule has 0 radical (unpaired) electrons. The highest BCUT2D eigenvalue weighted by molar-refractivity contribution is 5.79. The Kier molecular flexibility index (Phi) is 5.81. The molecule has 5 heteroatoms. The normalized spacial score (nSPS) is 15.7. The number of aryl methyl sites for hydroxylation is 1. The van der Waals surface area contributed by atoms with Gasteiger partial charge < -0.3 is 14.7 Å². The lowest BCUT2D eigenvalue weighted by Gasteiger charge is -2.38. The topological polar surface area (TPSA) is 49.8 Å². The van der Waals surface area contributed by atoms with Gasteiger partial charge in [0, 0.05) is 12.1 Å². The molecular weight excluding hydrogens is 381 g/mol. The number of phenolic OH excluding ortho intramolecular Hbond substituents is 1. The van der Waals surface area contributed by atoms with Gasteiger partial charge in [0.05, 0.1) is 12.6 Å². The van der Waals surface area contributed by atoms with E-state index in [0.29, 0.717) is 25.1 Å². The molecule has 1 atom stereocenters. The molecule has 0 bridgehead atoms. The molecule has 0 fully saturated rings. The van der Waals surface area contributed by atoms with E-state index in [1.54, 1.807) is 4.90 Å². The predicted molar refractivity (Wildman–Crippen MR) is 113 cm³/mol. The van der Waals surface area contributed by atoms with Gasteiger partial charge in [0.1, 0.15) is 18.2 Å². The van der Waals surface area contributed by atoms with Gasteiger partial charge in [-0.1, -0.05) is 54.1 Å². The van der Waals surface area contributed by atoms with Gasteiger partial charge in [-0.15, -0.1) is 0 Å². The number of carbonyl (C=O) groups is 1. The lowest BCUT2D eigenvalue weighted by Crippen LogP contribution is -2.42. The minimum Gasteiger partial charge on any atom is -0.508 e. The first kappa shape index (κ1) is 20.1. The molecule has 1 unspecified atom stereocenters. The molecule has 30 heavy (non-hydrogen) atoms. The van der Waals surface area contributed by atoms with Crippen LogP contribution in [0.3, 0.4) is 0 Å². The van der Waals surface area contributed by atoms with Gasteiger partial charge in [0.15, 0.2) is 0 Å². The average Bonchev–Trinajstić information content (AvgIpc) is 2.76. The summed E-state index contributed by atoms with van der Waals surface area (Å²) in [5.41, 5.74) is 4.54. The van der Waals surface area contributed by atoms with Crippen LogP contribution in [0.15, 0.2) is 66.7 Å². The number of benzene rings is 3. The summed E-state index contributed by atoms with van der Waals surface area (Å²) in [6.45, 7) is 2.75. The lowest BCUT2D eigenvalue weighted by atomic mass is 9.87. The summed E-state index contributed by atoms with van der Waals surface area (Å²) in [4.78, 5) is 14.7. The van der Waals surface area contributed by atoms with Gasteiger partial charge in [-0.2, -0.15) is 0 Å². The van der Waals surface area contributed by atoms with Crippen molar-refractivity contribution < 1.29 is 19.0 Å². The van der Waals surface area contributed by atoms with Crippen LogP contribution < -0.4 is 0 Å². The van der Waals surface area contributed by atoms with Gasteiger partial charge in [0.25, 0.3) is 0 Å². The minimum absolute atomic E-state index is 0.0310. The number of aromatic hydroxyl groups is 1. The molecule has 1 amide bonds. The number of hydrogen-bond donors (Lipinski definition) is 1. The molecule has 3 aromatic rings. The fourth-order valence-electron chi connectivity index (χ4n) is 3.94. The number of phenols is 1. The SMILES string of the molecule is Cc1ccc(COCC(=O)N2CCc3ccccc3C2c2cc(F)ccc2O)cc1. The second kappa shape index (κ2) is 8.67. The molecule has 1 heterocycles. The van der Waals surface area contributed by atoms with Gasteiger partial charge >= 0.3 is 0 Å². The van der Waals surface area contributed by atoms with Crippen LogP contribution in [0.25, 0.3) is 0 Å². The highest BCUT2D eigenvalue weighted by atomic mass is 19.1. The number of nitrogens with zero attached hydrogens (tertiary/aromatic N) is 1. The second-order valence-corrected chi connectivity index (χ2v) is 7.62. The Bertz CT molecular complexity index is 1050. The zero-order chi connectivity index (χ0) is 21.1. The minimum atomic E-state index is -0.555. The molecule has 0 aliphatic carbocycles. The zero-order valence-electron chi connectivity index (χ0n) is 16.8. The molecule has 3 aromatic carbocycles. The smallest absolute Gasteiger partial charge is 0.249 e. The number of hydrogen-bond acceptors (Lipinski definition) is 3. The maximum absolute atomic E-state index is 14.0. The van der Waals surface area contributed by atoms with Crippen molar-refractivity contribution in [3.63, 3.8) is 0 Å². The van der Waals surface area contributed by atoms with Crippen LogP contribution in [-0.4, -0.2) is 29.1 Å². The third-order valence-electron chi connectivity index (χ3n) is 5.50. The largest absolute Gasteiger partial charge is 0.508 e. The van der Waals surface area contributed by atoms with Gasteiger partial charge in [-0.25, -0.2) is 4.39 Å². The summed E-state index contributed by atoms with van der Waals surface area (Å²) in [6, 6.07) is 19.0. The lowest BCUT2D eigenvalue weighted by molar-refractivity contribution is -0.138. The quantitative estimate of drug-likeness (QED) is 0.679. The summed E-state index contributed by atoms with van der Waals surface area (Å²) in [5.74, 6) is -0.671. The van der Waals surface area contributed by atoms with Crippen molar-refractivity contribution in [1.29, 1.82) is 0 Å². The third-order valence-corrected chi connectivity index (χ3v) is 5.50. The molecular formula is C25H24FNO3. The Morgan fingerprint density at radius 2 is 1.87 bits per heavy atom. The Morgan fingerprint density at radius 1 is 1.10 bits per heavy atom. The van der Waals surface area contributed by atoms with E-state index >= 15 is 0 Å². The van der Waals surface area contributed by atoms with E-state index in [1.807, 2.05) is 55.5 Å². The fourth-order valence-corrected chi connectivity index (χ4v) is 3.94. The van der Waals surface area contributed by atoms with Crippen molar-refractivity contribution in [3.05, 3.63) is 100 Å². The second-order valence-electron chi connectivity index (χ2n) is 7.62. The Morgan fingerprint density at radius 3 is 2.67 bits per heavy atom. The van der Waals surface area contributed by atoms with Crippen molar-refractivity contribution in [2.45, 2.75) is 26.0 Å². The summed E-state index contributed by atoms with van der Waals surface area (Å²) in [6.07, 6.45) is 0.701. The highest BCUT2D eigenvalue weighted by Crippen LogP contribution is 2.39. The van der Waals surface area contributed by atoms with Crippen LogP contribution in [0.2, 0.25) is 0 Å². The molecule has 154 valence electrons.